The van der Waals surface area contributed by atoms with E-state index in [2.05, 4.69) is 33.2 Å². The molecule has 0 N–H and O–H groups in total. The SMILES string of the molecule is c1ccc(-c2cnn3cc(CN4CCN(C[C@H]5CCCO5)CC4)cnc23)cc1. The van der Waals surface area contributed by atoms with Gasteiger partial charge in [0.15, 0.2) is 5.65 Å². The van der Waals surface area contributed by atoms with E-state index < -0.39 is 0 Å². The average Bonchev–Trinajstić information content (AvgIpc) is 3.40. The fourth-order valence-electron chi connectivity index (χ4n) is 4.28. The van der Waals surface area contributed by atoms with Crippen LogP contribution in [0.5, 0.6) is 0 Å². The third-order valence-electron chi connectivity index (χ3n) is 5.85. The lowest BCUT2D eigenvalue weighted by Gasteiger charge is -2.35. The van der Waals surface area contributed by atoms with Crippen molar-refractivity contribution >= 4 is 5.65 Å². The Kier molecular flexibility index (Phi) is 5.08. The molecule has 2 aromatic heterocycles. The van der Waals surface area contributed by atoms with Gasteiger partial charge in [-0.25, -0.2) is 9.50 Å². The molecular formula is C22H27N5O. The van der Waals surface area contributed by atoms with Gasteiger partial charge in [-0.2, -0.15) is 5.10 Å². The van der Waals surface area contributed by atoms with Gasteiger partial charge in [0.25, 0.3) is 0 Å². The van der Waals surface area contributed by atoms with Crippen LogP contribution < -0.4 is 0 Å². The predicted molar refractivity (Wildman–Crippen MR) is 109 cm³/mol. The number of piperazine rings is 1. The highest BCUT2D eigenvalue weighted by Gasteiger charge is 2.23. The predicted octanol–water partition coefficient (Wildman–Crippen LogP) is 2.69. The lowest BCUT2D eigenvalue weighted by Crippen LogP contribution is -2.48. The van der Waals surface area contributed by atoms with Gasteiger partial charge >= 0.3 is 0 Å². The standard InChI is InChI=1S/C22H27N5O/c1-2-5-19(6-3-1)21-14-24-27-16-18(13-23-22(21)27)15-25-8-10-26(11-9-25)17-20-7-4-12-28-20/h1-3,5-6,13-14,16,20H,4,7-12,15,17H2/t20-/m1/s1. The summed E-state index contributed by atoms with van der Waals surface area (Å²) in [4.78, 5) is 9.77. The van der Waals surface area contributed by atoms with E-state index in [1.165, 1.54) is 18.4 Å². The van der Waals surface area contributed by atoms with Crippen molar-refractivity contribution in [2.75, 3.05) is 39.3 Å². The molecular weight excluding hydrogens is 350 g/mol. The molecule has 5 rings (SSSR count). The second-order valence-corrected chi connectivity index (χ2v) is 7.87. The van der Waals surface area contributed by atoms with Crippen LogP contribution in [0.15, 0.2) is 48.9 Å². The maximum Gasteiger partial charge on any atom is 0.162 e. The summed E-state index contributed by atoms with van der Waals surface area (Å²) in [5.41, 5.74) is 4.36. The summed E-state index contributed by atoms with van der Waals surface area (Å²) in [5.74, 6) is 0. The molecule has 2 saturated heterocycles. The molecule has 6 heteroatoms. The zero-order valence-corrected chi connectivity index (χ0v) is 16.2. The molecule has 0 radical (unpaired) electrons. The summed E-state index contributed by atoms with van der Waals surface area (Å²) in [6.45, 7) is 7.40. The zero-order valence-electron chi connectivity index (χ0n) is 16.2. The smallest absolute Gasteiger partial charge is 0.162 e. The van der Waals surface area contributed by atoms with E-state index in [0.717, 1.165) is 62.6 Å². The Morgan fingerprint density at radius 1 is 1.00 bits per heavy atom. The Labute approximate surface area is 165 Å². The van der Waals surface area contributed by atoms with Gasteiger partial charge in [0, 0.05) is 69.4 Å². The quantitative estimate of drug-likeness (QED) is 0.684. The highest BCUT2D eigenvalue weighted by molar-refractivity contribution is 5.76. The molecule has 0 aliphatic carbocycles. The second kappa shape index (κ2) is 7.99. The van der Waals surface area contributed by atoms with Crippen LogP contribution in [0, 0.1) is 0 Å². The van der Waals surface area contributed by atoms with Crippen molar-refractivity contribution < 1.29 is 4.74 Å². The molecule has 0 bridgehead atoms. The number of fused-ring (bicyclic) bond motifs is 1. The lowest BCUT2D eigenvalue weighted by atomic mass is 10.1. The minimum atomic E-state index is 0.455. The summed E-state index contributed by atoms with van der Waals surface area (Å²) in [5, 5.41) is 4.53. The van der Waals surface area contributed by atoms with Crippen LogP contribution >= 0.6 is 0 Å². The van der Waals surface area contributed by atoms with E-state index in [0.29, 0.717) is 6.10 Å². The van der Waals surface area contributed by atoms with Crippen LogP contribution in [0.2, 0.25) is 0 Å². The Morgan fingerprint density at radius 2 is 1.82 bits per heavy atom. The maximum atomic E-state index is 5.78. The molecule has 146 valence electrons. The second-order valence-electron chi connectivity index (χ2n) is 7.87. The normalized spacial score (nSPS) is 21.5. The van der Waals surface area contributed by atoms with E-state index in [-0.39, 0.29) is 0 Å². The molecule has 2 aliphatic heterocycles. The number of hydrogen-bond donors (Lipinski definition) is 0. The van der Waals surface area contributed by atoms with Crippen LogP contribution in [0.4, 0.5) is 0 Å². The zero-order chi connectivity index (χ0) is 18.8. The molecule has 28 heavy (non-hydrogen) atoms. The van der Waals surface area contributed by atoms with Crippen molar-refractivity contribution in [1.29, 1.82) is 0 Å². The van der Waals surface area contributed by atoms with Gasteiger partial charge in [-0.05, 0) is 18.4 Å². The molecule has 0 amide bonds. The van der Waals surface area contributed by atoms with Gasteiger partial charge < -0.3 is 4.74 Å². The first kappa shape index (κ1) is 17.8. The molecule has 4 heterocycles. The topological polar surface area (TPSA) is 45.9 Å². The minimum absolute atomic E-state index is 0.455. The number of benzene rings is 1. The van der Waals surface area contributed by atoms with Gasteiger partial charge in [0.1, 0.15) is 0 Å². The first-order valence-corrected chi connectivity index (χ1v) is 10.3. The Hall–Kier alpha value is -2.28. The lowest BCUT2D eigenvalue weighted by molar-refractivity contribution is 0.0489. The van der Waals surface area contributed by atoms with Crippen molar-refractivity contribution in [3.05, 3.63) is 54.5 Å². The van der Waals surface area contributed by atoms with Crippen molar-refractivity contribution in [2.45, 2.75) is 25.5 Å². The van der Waals surface area contributed by atoms with E-state index in [1.807, 2.05) is 35.1 Å². The van der Waals surface area contributed by atoms with Crippen LogP contribution in [0.25, 0.3) is 16.8 Å². The number of nitrogens with zero attached hydrogens (tertiary/aromatic N) is 5. The number of rotatable bonds is 5. The number of hydrogen-bond acceptors (Lipinski definition) is 5. The minimum Gasteiger partial charge on any atom is -0.377 e. The van der Waals surface area contributed by atoms with Crippen LogP contribution in [0.1, 0.15) is 18.4 Å². The summed E-state index contributed by atoms with van der Waals surface area (Å²) < 4.78 is 7.69. The molecule has 2 aliphatic rings. The third-order valence-corrected chi connectivity index (χ3v) is 5.85. The third kappa shape index (κ3) is 3.81. The highest BCUT2D eigenvalue weighted by Crippen LogP contribution is 2.23. The van der Waals surface area contributed by atoms with Crippen LogP contribution in [-0.4, -0.2) is 69.8 Å². The summed E-state index contributed by atoms with van der Waals surface area (Å²) in [6, 6.07) is 10.3. The fraction of sp³-hybridized carbons (Fsp3) is 0.455. The Bertz CT molecular complexity index is 911. The van der Waals surface area contributed by atoms with E-state index in [9.17, 15) is 0 Å². The number of aromatic nitrogens is 3. The monoisotopic (exact) mass is 377 g/mol. The molecule has 2 fully saturated rings. The summed E-state index contributed by atoms with van der Waals surface area (Å²) >= 11 is 0. The first-order valence-electron chi connectivity index (χ1n) is 10.3. The molecule has 0 unspecified atom stereocenters. The Balaban J connectivity index is 1.21. The van der Waals surface area contributed by atoms with Gasteiger partial charge in [-0.15, -0.1) is 0 Å². The maximum absolute atomic E-state index is 5.78. The van der Waals surface area contributed by atoms with E-state index in [1.54, 1.807) is 0 Å². The van der Waals surface area contributed by atoms with Gasteiger partial charge in [0.2, 0.25) is 0 Å². The number of ether oxygens (including phenoxy) is 1. The van der Waals surface area contributed by atoms with Gasteiger partial charge in [-0.3, -0.25) is 9.80 Å². The largest absolute Gasteiger partial charge is 0.377 e. The molecule has 1 atom stereocenters. The van der Waals surface area contributed by atoms with Crippen molar-refractivity contribution in [1.82, 2.24) is 24.4 Å². The van der Waals surface area contributed by atoms with Crippen molar-refractivity contribution in [3.63, 3.8) is 0 Å². The molecule has 1 aromatic carbocycles. The van der Waals surface area contributed by atoms with Crippen molar-refractivity contribution in [2.24, 2.45) is 0 Å². The molecule has 6 nitrogen and oxygen atoms in total. The highest BCUT2D eigenvalue weighted by atomic mass is 16.5. The van der Waals surface area contributed by atoms with Gasteiger partial charge in [-0.1, -0.05) is 30.3 Å². The molecule has 3 aromatic rings. The molecule has 0 saturated carbocycles. The van der Waals surface area contributed by atoms with Gasteiger partial charge in [0.05, 0.1) is 12.3 Å². The summed E-state index contributed by atoms with van der Waals surface area (Å²) in [7, 11) is 0. The van der Waals surface area contributed by atoms with E-state index in [4.69, 9.17) is 9.72 Å². The summed E-state index contributed by atoms with van der Waals surface area (Å²) in [6.07, 6.45) is 8.93. The fourth-order valence-corrected chi connectivity index (χ4v) is 4.28. The van der Waals surface area contributed by atoms with E-state index >= 15 is 0 Å². The van der Waals surface area contributed by atoms with Crippen LogP contribution in [0.3, 0.4) is 0 Å². The Morgan fingerprint density at radius 3 is 2.61 bits per heavy atom. The molecule has 0 spiro atoms. The first-order chi connectivity index (χ1) is 13.8. The van der Waals surface area contributed by atoms with Crippen LogP contribution in [-0.2, 0) is 11.3 Å². The average molecular weight is 377 g/mol. The van der Waals surface area contributed by atoms with Crippen molar-refractivity contribution in [3.8, 4) is 11.1 Å².